The fourth-order valence-corrected chi connectivity index (χ4v) is 4.40. The SMILES string of the molecule is COc1cccc(CS(=O)(=O)NC(CN)C2CCCC2)c1.Cl. The van der Waals surface area contributed by atoms with Gasteiger partial charge < -0.3 is 10.5 Å². The summed E-state index contributed by atoms with van der Waals surface area (Å²) in [5.41, 5.74) is 6.46. The molecule has 1 aromatic rings. The third-order valence-electron chi connectivity index (χ3n) is 4.04. The second kappa shape index (κ2) is 8.72. The van der Waals surface area contributed by atoms with Crippen molar-refractivity contribution in [3.63, 3.8) is 0 Å². The first-order chi connectivity index (χ1) is 10.0. The highest BCUT2D eigenvalue weighted by Gasteiger charge is 2.27. The first-order valence-electron chi connectivity index (χ1n) is 7.37. The van der Waals surface area contributed by atoms with E-state index in [2.05, 4.69) is 4.72 Å². The third-order valence-corrected chi connectivity index (χ3v) is 5.42. The first-order valence-corrected chi connectivity index (χ1v) is 9.02. The predicted molar refractivity (Wildman–Crippen MR) is 90.8 cm³/mol. The van der Waals surface area contributed by atoms with Gasteiger partial charge in [-0.05, 0) is 36.5 Å². The number of hydrogen-bond donors (Lipinski definition) is 2. The van der Waals surface area contributed by atoms with Crippen molar-refractivity contribution in [2.45, 2.75) is 37.5 Å². The van der Waals surface area contributed by atoms with E-state index in [1.807, 2.05) is 0 Å². The Bertz CT molecular complexity index is 560. The van der Waals surface area contributed by atoms with Crippen molar-refractivity contribution in [3.8, 4) is 5.75 Å². The number of benzene rings is 1. The zero-order chi connectivity index (χ0) is 15.3. The highest BCUT2D eigenvalue weighted by molar-refractivity contribution is 7.88. The molecule has 3 N–H and O–H groups in total. The van der Waals surface area contributed by atoms with Gasteiger partial charge in [0.05, 0.1) is 12.9 Å². The van der Waals surface area contributed by atoms with Crippen molar-refractivity contribution < 1.29 is 13.2 Å². The molecule has 0 spiro atoms. The smallest absolute Gasteiger partial charge is 0.216 e. The molecule has 1 fully saturated rings. The Morgan fingerprint density at radius 3 is 2.64 bits per heavy atom. The van der Waals surface area contributed by atoms with E-state index in [-0.39, 0.29) is 24.2 Å². The molecule has 0 bridgehead atoms. The van der Waals surface area contributed by atoms with Crippen LogP contribution in [0.1, 0.15) is 31.2 Å². The summed E-state index contributed by atoms with van der Waals surface area (Å²) in [7, 11) is -1.83. The second-order valence-electron chi connectivity index (χ2n) is 5.62. The van der Waals surface area contributed by atoms with Gasteiger partial charge in [0.1, 0.15) is 5.75 Å². The minimum Gasteiger partial charge on any atom is -0.497 e. The van der Waals surface area contributed by atoms with E-state index >= 15 is 0 Å². The van der Waals surface area contributed by atoms with E-state index in [1.54, 1.807) is 31.4 Å². The Hall–Kier alpha value is -0.820. The van der Waals surface area contributed by atoms with Gasteiger partial charge >= 0.3 is 0 Å². The monoisotopic (exact) mass is 348 g/mol. The highest BCUT2D eigenvalue weighted by atomic mass is 35.5. The molecular formula is C15H25ClN2O3S. The largest absolute Gasteiger partial charge is 0.497 e. The molecule has 0 heterocycles. The Morgan fingerprint density at radius 2 is 2.05 bits per heavy atom. The molecule has 1 aromatic carbocycles. The van der Waals surface area contributed by atoms with Crippen molar-refractivity contribution in [1.29, 1.82) is 0 Å². The molecule has 1 atom stereocenters. The average molecular weight is 349 g/mol. The van der Waals surface area contributed by atoms with Gasteiger partial charge in [0.15, 0.2) is 0 Å². The first kappa shape index (κ1) is 19.2. The zero-order valence-corrected chi connectivity index (χ0v) is 14.5. The van der Waals surface area contributed by atoms with Crippen LogP contribution in [0.5, 0.6) is 5.75 Å². The molecule has 22 heavy (non-hydrogen) atoms. The van der Waals surface area contributed by atoms with Crippen LogP contribution in [0.3, 0.4) is 0 Å². The number of sulfonamides is 1. The molecular weight excluding hydrogens is 324 g/mol. The van der Waals surface area contributed by atoms with Gasteiger partial charge in [0.2, 0.25) is 10.0 Å². The van der Waals surface area contributed by atoms with Gasteiger partial charge in [-0.25, -0.2) is 13.1 Å². The van der Waals surface area contributed by atoms with Crippen molar-refractivity contribution in [3.05, 3.63) is 29.8 Å². The van der Waals surface area contributed by atoms with E-state index in [1.165, 1.54) is 12.8 Å². The normalized spacial score (nSPS) is 17.0. The van der Waals surface area contributed by atoms with Gasteiger partial charge in [-0.2, -0.15) is 0 Å². The quantitative estimate of drug-likeness (QED) is 0.790. The standard InChI is InChI=1S/C15H24N2O3S.ClH/c1-20-14-8-4-5-12(9-14)11-21(18,19)17-15(10-16)13-6-2-3-7-13;/h4-5,8-9,13,15,17H,2-3,6-7,10-11,16H2,1H3;1H. The van der Waals surface area contributed by atoms with Gasteiger partial charge in [-0.1, -0.05) is 25.0 Å². The maximum Gasteiger partial charge on any atom is 0.216 e. The number of halogens is 1. The molecule has 7 heteroatoms. The molecule has 1 unspecified atom stereocenters. The number of rotatable bonds is 7. The summed E-state index contributed by atoms with van der Waals surface area (Å²) in [5.74, 6) is 0.983. The fourth-order valence-electron chi connectivity index (χ4n) is 2.95. The third kappa shape index (κ3) is 5.43. The summed E-state index contributed by atoms with van der Waals surface area (Å²) in [6, 6.07) is 6.97. The second-order valence-corrected chi connectivity index (χ2v) is 7.37. The zero-order valence-electron chi connectivity index (χ0n) is 12.8. The van der Waals surface area contributed by atoms with Crippen LogP contribution in [0.4, 0.5) is 0 Å². The van der Waals surface area contributed by atoms with E-state index in [9.17, 15) is 8.42 Å². The summed E-state index contributed by atoms with van der Waals surface area (Å²) < 4.78 is 32.5. The summed E-state index contributed by atoms with van der Waals surface area (Å²) in [6.45, 7) is 0.349. The van der Waals surface area contributed by atoms with E-state index in [0.717, 1.165) is 12.8 Å². The molecule has 1 aliphatic carbocycles. The fraction of sp³-hybridized carbons (Fsp3) is 0.600. The number of ether oxygens (including phenoxy) is 1. The molecule has 0 radical (unpaired) electrons. The highest BCUT2D eigenvalue weighted by Crippen LogP contribution is 2.28. The summed E-state index contributed by atoms with van der Waals surface area (Å²) in [4.78, 5) is 0. The number of hydrogen-bond acceptors (Lipinski definition) is 4. The van der Waals surface area contributed by atoms with Gasteiger partial charge in [0.25, 0.3) is 0 Å². The minimum atomic E-state index is -3.39. The lowest BCUT2D eigenvalue weighted by atomic mass is 9.99. The molecule has 0 saturated heterocycles. The number of methoxy groups -OCH3 is 1. The summed E-state index contributed by atoms with van der Waals surface area (Å²) in [6.07, 6.45) is 4.45. The van der Waals surface area contributed by atoms with Crippen LogP contribution in [0.2, 0.25) is 0 Å². The maximum absolute atomic E-state index is 12.3. The van der Waals surface area contributed by atoms with Gasteiger partial charge in [-0.15, -0.1) is 12.4 Å². The van der Waals surface area contributed by atoms with Crippen LogP contribution in [-0.4, -0.2) is 28.1 Å². The summed E-state index contributed by atoms with van der Waals surface area (Å²) in [5, 5.41) is 0. The topological polar surface area (TPSA) is 81.4 Å². The lowest BCUT2D eigenvalue weighted by Gasteiger charge is -2.23. The summed E-state index contributed by atoms with van der Waals surface area (Å²) >= 11 is 0. The van der Waals surface area contributed by atoms with Crippen molar-refractivity contribution in [2.24, 2.45) is 11.7 Å². The molecule has 1 aliphatic rings. The lowest BCUT2D eigenvalue weighted by Crippen LogP contribution is -2.44. The van der Waals surface area contributed by atoms with E-state index < -0.39 is 10.0 Å². The van der Waals surface area contributed by atoms with Crippen LogP contribution in [0, 0.1) is 5.92 Å². The van der Waals surface area contributed by atoms with Gasteiger partial charge in [0, 0.05) is 12.6 Å². The molecule has 126 valence electrons. The minimum absolute atomic E-state index is 0. The van der Waals surface area contributed by atoms with Gasteiger partial charge in [-0.3, -0.25) is 0 Å². The Labute approximate surface area is 139 Å². The molecule has 0 amide bonds. The van der Waals surface area contributed by atoms with Crippen molar-refractivity contribution in [1.82, 2.24) is 4.72 Å². The van der Waals surface area contributed by atoms with Crippen LogP contribution < -0.4 is 15.2 Å². The Morgan fingerprint density at radius 1 is 1.36 bits per heavy atom. The van der Waals surface area contributed by atoms with Crippen molar-refractivity contribution >= 4 is 22.4 Å². The van der Waals surface area contributed by atoms with Crippen LogP contribution >= 0.6 is 12.4 Å². The lowest BCUT2D eigenvalue weighted by molar-refractivity contribution is 0.405. The number of nitrogens with one attached hydrogen (secondary N) is 1. The maximum atomic E-state index is 12.3. The predicted octanol–water partition coefficient (Wildman–Crippen LogP) is 2.05. The Balaban J connectivity index is 0.00000242. The molecule has 2 rings (SSSR count). The van der Waals surface area contributed by atoms with E-state index in [4.69, 9.17) is 10.5 Å². The van der Waals surface area contributed by atoms with Crippen molar-refractivity contribution in [2.75, 3.05) is 13.7 Å². The Kier molecular flexibility index (Phi) is 7.62. The molecule has 0 aliphatic heterocycles. The molecule has 5 nitrogen and oxygen atoms in total. The average Bonchev–Trinajstić information content (AvgIpc) is 2.98. The molecule has 1 saturated carbocycles. The van der Waals surface area contributed by atoms with Crippen LogP contribution in [0.25, 0.3) is 0 Å². The van der Waals surface area contributed by atoms with Crippen LogP contribution in [-0.2, 0) is 15.8 Å². The molecule has 0 aromatic heterocycles. The van der Waals surface area contributed by atoms with E-state index in [0.29, 0.717) is 23.8 Å². The number of nitrogens with two attached hydrogens (primary N) is 1. The van der Waals surface area contributed by atoms with Crippen LogP contribution in [0.15, 0.2) is 24.3 Å².